The first kappa shape index (κ1) is 17.2. The van der Waals surface area contributed by atoms with E-state index in [-0.39, 0.29) is 17.5 Å². The summed E-state index contributed by atoms with van der Waals surface area (Å²) in [5.41, 5.74) is 0. The van der Waals surface area contributed by atoms with E-state index in [2.05, 4.69) is 5.32 Å². The van der Waals surface area contributed by atoms with E-state index < -0.39 is 21.7 Å². The molecule has 0 spiro atoms. The van der Waals surface area contributed by atoms with Crippen molar-refractivity contribution in [1.29, 1.82) is 0 Å². The normalized spacial score (nSPS) is 13.0. The zero-order chi connectivity index (χ0) is 17.0. The third-order valence-electron chi connectivity index (χ3n) is 3.24. The zero-order valence-electron chi connectivity index (χ0n) is 12.7. The number of halogens is 1. The average Bonchev–Trinajstić information content (AvgIpc) is 3.01. The van der Waals surface area contributed by atoms with Crippen molar-refractivity contribution in [1.82, 2.24) is 9.62 Å². The molecule has 1 N–H and O–H groups in total. The van der Waals surface area contributed by atoms with Crippen LogP contribution in [0.15, 0.2) is 52.0 Å². The van der Waals surface area contributed by atoms with Crippen LogP contribution in [0.4, 0.5) is 4.39 Å². The van der Waals surface area contributed by atoms with Gasteiger partial charge in [-0.3, -0.25) is 4.79 Å². The Balaban J connectivity index is 2.01. The van der Waals surface area contributed by atoms with E-state index in [9.17, 15) is 17.6 Å². The smallest absolute Gasteiger partial charge is 0.243 e. The fourth-order valence-electron chi connectivity index (χ4n) is 1.97. The molecule has 0 unspecified atom stereocenters. The molecule has 2 aromatic rings. The molecule has 0 fully saturated rings. The Labute approximate surface area is 134 Å². The summed E-state index contributed by atoms with van der Waals surface area (Å²) >= 11 is 0. The van der Waals surface area contributed by atoms with Crippen molar-refractivity contribution in [3.8, 4) is 0 Å². The first-order valence-electron chi connectivity index (χ1n) is 6.85. The van der Waals surface area contributed by atoms with Crippen LogP contribution in [0.2, 0.25) is 0 Å². The fraction of sp³-hybridized carbons (Fsp3) is 0.267. The van der Waals surface area contributed by atoms with Crippen LogP contribution in [0.25, 0.3) is 0 Å². The fourth-order valence-corrected chi connectivity index (χ4v) is 3.10. The SMILES string of the molecule is C[C@@H](NC(=O)CN(C)S(=O)(=O)c1ccc(F)cc1)c1ccco1. The van der Waals surface area contributed by atoms with Gasteiger partial charge in [0.15, 0.2) is 0 Å². The zero-order valence-corrected chi connectivity index (χ0v) is 13.5. The minimum absolute atomic E-state index is 0.0757. The van der Waals surface area contributed by atoms with E-state index in [0.29, 0.717) is 5.76 Å². The van der Waals surface area contributed by atoms with Crippen LogP contribution in [0.3, 0.4) is 0 Å². The molecule has 2 rings (SSSR count). The predicted molar refractivity (Wildman–Crippen MR) is 81.5 cm³/mol. The Hall–Kier alpha value is -2.19. The van der Waals surface area contributed by atoms with E-state index >= 15 is 0 Å². The summed E-state index contributed by atoms with van der Waals surface area (Å²) in [4.78, 5) is 11.9. The number of benzene rings is 1. The molecular formula is C15H17FN2O4S. The lowest BCUT2D eigenvalue weighted by Crippen LogP contribution is -2.39. The van der Waals surface area contributed by atoms with Gasteiger partial charge in [0, 0.05) is 7.05 Å². The largest absolute Gasteiger partial charge is 0.467 e. The quantitative estimate of drug-likeness (QED) is 0.871. The standard InChI is InChI=1S/C15H17FN2O4S/c1-11(14-4-3-9-22-14)17-15(19)10-18(2)23(20,21)13-7-5-12(16)6-8-13/h3-9,11H,10H2,1-2H3,(H,17,19)/t11-/m1/s1. The van der Waals surface area contributed by atoms with Crippen molar-refractivity contribution in [3.05, 3.63) is 54.2 Å². The van der Waals surface area contributed by atoms with E-state index in [0.717, 1.165) is 28.6 Å². The maximum absolute atomic E-state index is 12.9. The highest BCUT2D eigenvalue weighted by Gasteiger charge is 2.23. The number of sulfonamides is 1. The molecule has 23 heavy (non-hydrogen) atoms. The second-order valence-electron chi connectivity index (χ2n) is 5.02. The number of amides is 1. The number of carbonyl (C=O) groups is 1. The van der Waals surface area contributed by atoms with Crippen LogP contribution in [0.1, 0.15) is 18.7 Å². The maximum atomic E-state index is 12.9. The summed E-state index contributed by atoms with van der Waals surface area (Å²) in [5, 5.41) is 2.65. The summed E-state index contributed by atoms with van der Waals surface area (Å²) < 4.78 is 43.6. The van der Waals surface area contributed by atoms with Crippen molar-refractivity contribution in [2.75, 3.05) is 13.6 Å². The molecule has 0 saturated heterocycles. The molecule has 1 atom stereocenters. The Morgan fingerprint density at radius 2 is 1.96 bits per heavy atom. The summed E-state index contributed by atoms with van der Waals surface area (Å²) in [7, 11) is -2.57. The highest BCUT2D eigenvalue weighted by Crippen LogP contribution is 2.15. The summed E-state index contributed by atoms with van der Waals surface area (Å²) in [6, 6.07) is 7.46. The lowest BCUT2D eigenvalue weighted by molar-refractivity contribution is -0.121. The van der Waals surface area contributed by atoms with Gasteiger partial charge in [-0.1, -0.05) is 0 Å². The highest BCUT2D eigenvalue weighted by atomic mass is 32.2. The minimum Gasteiger partial charge on any atom is -0.467 e. The van der Waals surface area contributed by atoms with Crippen LogP contribution in [0.5, 0.6) is 0 Å². The number of likely N-dealkylation sites (N-methyl/N-ethyl adjacent to an activating group) is 1. The number of nitrogens with zero attached hydrogens (tertiary/aromatic N) is 1. The Morgan fingerprint density at radius 1 is 1.30 bits per heavy atom. The van der Waals surface area contributed by atoms with Crippen LogP contribution in [-0.2, 0) is 14.8 Å². The number of nitrogens with one attached hydrogen (secondary N) is 1. The van der Waals surface area contributed by atoms with Gasteiger partial charge in [0.25, 0.3) is 0 Å². The molecule has 124 valence electrons. The van der Waals surface area contributed by atoms with Crippen molar-refractivity contribution in [2.45, 2.75) is 17.9 Å². The van der Waals surface area contributed by atoms with Gasteiger partial charge in [0.2, 0.25) is 15.9 Å². The molecule has 0 saturated carbocycles. The maximum Gasteiger partial charge on any atom is 0.243 e. The molecule has 1 heterocycles. The highest BCUT2D eigenvalue weighted by molar-refractivity contribution is 7.89. The van der Waals surface area contributed by atoms with E-state index in [1.807, 2.05) is 0 Å². The lowest BCUT2D eigenvalue weighted by Gasteiger charge is -2.18. The van der Waals surface area contributed by atoms with Crippen LogP contribution in [0, 0.1) is 5.82 Å². The van der Waals surface area contributed by atoms with Gasteiger partial charge in [-0.05, 0) is 43.3 Å². The van der Waals surface area contributed by atoms with E-state index in [4.69, 9.17) is 4.42 Å². The molecule has 0 aliphatic rings. The van der Waals surface area contributed by atoms with Gasteiger partial charge < -0.3 is 9.73 Å². The Bertz CT molecular complexity index is 757. The first-order chi connectivity index (χ1) is 10.8. The molecule has 0 aliphatic heterocycles. The lowest BCUT2D eigenvalue weighted by atomic mass is 10.2. The van der Waals surface area contributed by atoms with Crippen LogP contribution in [-0.4, -0.2) is 32.2 Å². The topological polar surface area (TPSA) is 79.6 Å². The van der Waals surface area contributed by atoms with Crippen LogP contribution >= 0.6 is 0 Å². The molecule has 0 bridgehead atoms. The third kappa shape index (κ3) is 4.17. The summed E-state index contributed by atoms with van der Waals surface area (Å²) in [5.74, 6) is -0.430. The molecular weight excluding hydrogens is 323 g/mol. The van der Waals surface area contributed by atoms with Gasteiger partial charge in [-0.15, -0.1) is 0 Å². The summed E-state index contributed by atoms with van der Waals surface area (Å²) in [6.07, 6.45) is 1.49. The first-order valence-corrected chi connectivity index (χ1v) is 8.29. The second kappa shape index (κ2) is 6.93. The molecule has 1 aromatic heterocycles. The second-order valence-corrected chi connectivity index (χ2v) is 7.06. The van der Waals surface area contributed by atoms with Crippen molar-refractivity contribution in [3.63, 3.8) is 0 Å². The molecule has 0 radical (unpaired) electrons. The Kier molecular flexibility index (Phi) is 5.17. The van der Waals surface area contributed by atoms with Crippen molar-refractivity contribution in [2.24, 2.45) is 0 Å². The average molecular weight is 340 g/mol. The van der Waals surface area contributed by atoms with Crippen molar-refractivity contribution < 1.29 is 22.0 Å². The molecule has 6 nitrogen and oxygen atoms in total. The van der Waals surface area contributed by atoms with Gasteiger partial charge in [-0.2, -0.15) is 4.31 Å². The molecule has 8 heteroatoms. The van der Waals surface area contributed by atoms with Crippen molar-refractivity contribution >= 4 is 15.9 Å². The number of furan rings is 1. The van der Waals surface area contributed by atoms with Gasteiger partial charge in [0.1, 0.15) is 11.6 Å². The van der Waals surface area contributed by atoms with Gasteiger partial charge in [0.05, 0.1) is 23.7 Å². The van der Waals surface area contributed by atoms with Crippen LogP contribution < -0.4 is 5.32 Å². The van der Waals surface area contributed by atoms with E-state index in [1.165, 1.54) is 13.3 Å². The predicted octanol–water partition coefficient (Wildman–Crippen LogP) is 1.92. The Morgan fingerprint density at radius 3 is 2.52 bits per heavy atom. The third-order valence-corrected chi connectivity index (χ3v) is 5.05. The number of hydrogen-bond acceptors (Lipinski definition) is 4. The molecule has 1 amide bonds. The van der Waals surface area contributed by atoms with E-state index in [1.54, 1.807) is 19.1 Å². The number of hydrogen-bond donors (Lipinski definition) is 1. The molecule has 1 aromatic carbocycles. The van der Waals surface area contributed by atoms with Gasteiger partial charge in [-0.25, -0.2) is 12.8 Å². The minimum atomic E-state index is -3.86. The van der Waals surface area contributed by atoms with Gasteiger partial charge >= 0.3 is 0 Å². The number of carbonyl (C=O) groups excluding carboxylic acids is 1. The summed E-state index contributed by atoms with van der Waals surface area (Å²) in [6.45, 7) is 1.37. The molecule has 0 aliphatic carbocycles. The number of rotatable bonds is 6. The monoisotopic (exact) mass is 340 g/mol.